The number of carbonyl (C=O) groups is 1. The molecule has 9 heteroatoms. The molecular weight excluding hydrogens is 458 g/mol. The number of piperidine rings is 1. The third-order valence-corrected chi connectivity index (χ3v) is 8.82. The summed E-state index contributed by atoms with van der Waals surface area (Å²) in [4.78, 5) is 25.1. The molecular formula is C24H29N3O4S2. The number of rotatable bonds is 6. The van der Waals surface area contributed by atoms with Crippen molar-refractivity contribution in [2.45, 2.75) is 45.4 Å². The predicted octanol–water partition coefficient (Wildman–Crippen LogP) is 4.13. The summed E-state index contributed by atoms with van der Waals surface area (Å²) in [6.45, 7) is 6.56. The van der Waals surface area contributed by atoms with Crippen LogP contribution in [0.25, 0.3) is 10.2 Å². The highest BCUT2D eigenvalue weighted by Crippen LogP contribution is 2.26. The lowest BCUT2D eigenvalue weighted by molar-refractivity contribution is -0.120. The molecule has 1 aliphatic rings. The highest BCUT2D eigenvalue weighted by atomic mass is 32.2. The Morgan fingerprint density at radius 3 is 2.55 bits per heavy atom. The Balaban J connectivity index is 1.38. The van der Waals surface area contributed by atoms with E-state index in [2.05, 4.69) is 5.32 Å². The first-order valence-electron chi connectivity index (χ1n) is 11.1. The number of benzene rings is 2. The summed E-state index contributed by atoms with van der Waals surface area (Å²) in [5.41, 5.74) is 3.33. The number of hydrogen-bond donors (Lipinski definition) is 1. The number of nitrogens with one attached hydrogen (secondary N) is 1. The molecule has 1 saturated heterocycles. The molecule has 1 aliphatic heterocycles. The van der Waals surface area contributed by atoms with Crippen molar-refractivity contribution in [3.63, 3.8) is 0 Å². The van der Waals surface area contributed by atoms with E-state index in [4.69, 9.17) is 0 Å². The van der Waals surface area contributed by atoms with E-state index in [1.54, 1.807) is 4.57 Å². The summed E-state index contributed by atoms with van der Waals surface area (Å²) in [6.07, 6.45) is 0.969. The molecule has 4 rings (SSSR count). The molecule has 1 aromatic heterocycles. The molecule has 1 N–H and O–H groups in total. The zero-order valence-electron chi connectivity index (χ0n) is 19.1. The number of fused-ring (bicyclic) bond motifs is 1. The lowest BCUT2D eigenvalue weighted by atomic mass is 9.97. The Morgan fingerprint density at radius 2 is 1.88 bits per heavy atom. The van der Waals surface area contributed by atoms with Crippen molar-refractivity contribution in [1.29, 1.82) is 0 Å². The van der Waals surface area contributed by atoms with E-state index in [1.165, 1.54) is 15.6 Å². The number of nitrogens with zero attached hydrogens (tertiary/aromatic N) is 2. The van der Waals surface area contributed by atoms with E-state index in [-0.39, 0.29) is 28.5 Å². The topological polar surface area (TPSA) is 88.5 Å². The first-order chi connectivity index (χ1) is 15.6. The third-order valence-electron chi connectivity index (χ3n) is 6.05. The normalized spacial score (nSPS) is 15.9. The first-order valence-corrected chi connectivity index (χ1v) is 13.6. The van der Waals surface area contributed by atoms with Crippen LogP contribution >= 0.6 is 11.3 Å². The SMILES string of the molecule is Cc1cccc(CS(=O)(=O)N2CCC(C(=O)Nc3ccc4c(c3)sc(=O)n4C(C)C)CC2)c1. The van der Waals surface area contributed by atoms with Gasteiger partial charge in [-0.3, -0.25) is 14.2 Å². The largest absolute Gasteiger partial charge is 0.326 e. The summed E-state index contributed by atoms with van der Waals surface area (Å²) < 4.78 is 29.8. The van der Waals surface area contributed by atoms with Gasteiger partial charge in [0.1, 0.15) is 0 Å². The minimum absolute atomic E-state index is 0.0114. The van der Waals surface area contributed by atoms with E-state index in [0.29, 0.717) is 31.6 Å². The first kappa shape index (κ1) is 23.7. The molecule has 0 bridgehead atoms. The highest BCUT2D eigenvalue weighted by Gasteiger charge is 2.31. The van der Waals surface area contributed by atoms with Crippen LogP contribution < -0.4 is 10.2 Å². The second-order valence-corrected chi connectivity index (χ2v) is 11.9. The van der Waals surface area contributed by atoms with Gasteiger partial charge >= 0.3 is 4.87 Å². The molecule has 0 radical (unpaired) electrons. The van der Waals surface area contributed by atoms with Gasteiger partial charge in [0.15, 0.2) is 0 Å². The van der Waals surface area contributed by atoms with Crippen LogP contribution in [-0.2, 0) is 20.6 Å². The van der Waals surface area contributed by atoms with Crippen LogP contribution in [0.15, 0.2) is 47.3 Å². The Morgan fingerprint density at radius 1 is 1.15 bits per heavy atom. The van der Waals surface area contributed by atoms with Gasteiger partial charge in [-0.1, -0.05) is 41.2 Å². The zero-order valence-corrected chi connectivity index (χ0v) is 20.7. The standard InChI is InChI=1S/C24H29N3O4S2/c1-16(2)27-21-8-7-20(14-22(21)32-24(27)29)25-23(28)19-9-11-26(12-10-19)33(30,31)15-18-6-4-5-17(3)13-18/h4-8,13-14,16,19H,9-12,15H2,1-3H3,(H,25,28). The van der Waals surface area contributed by atoms with Crippen molar-refractivity contribution in [3.05, 3.63) is 63.3 Å². The van der Waals surface area contributed by atoms with Crippen molar-refractivity contribution in [2.24, 2.45) is 5.92 Å². The lowest BCUT2D eigenvalue weighted by Gasteiger charge is -2.30. The average molecular weight is 488 g/mol. The average Bonchev–Trinajstić information content (AvgIpc) is 3.08. The van der Waals surface area contributed by atoms with Gasteiger partial charge < -0.3 is 5.32 Å². The molecule has 0 saturated carbocycles. The van der Waals surface area contributed by atoms with Crippen LogP contribution in [0, 0.1) is 12.8 Å². The van der Waals surface area contributed by atoms with Crippen LogP contribution in [-0.4, -0.2) is 36.3 Å². The highest BCUT2D eigenvalue weighted by molar-refractivity contribution is 7.88. The molecule has 2 heterocycles. The van der Waals surface area contributed by atoms with Gasteiger partial charge in [-0.15, -0.1) is 0 Å². The molecule has 0 atom stereocenters. The smallest absolute Gasteiger partial charge is 0.308 e. The van der Waals surface area contributed by atoms with Crippen molar-refractivity contribution >= 4 is 43.2 Å². The maximum Gasteiger partial charge on any atom is 0.308 e. The molecule has 0 unspecified atom stereocenters. The van der Waals surface area contributed by atoms with Crippen molar-refractivity contribution < 1.29 is 13.2 Å². The van der Waals surface area contributed by atoms with Crippen molar-refractivity contribution in [2.75, 3.05) is 18.4 Å². The Labute approximate surface area is 198 Å². The fraction of sp³-hybridized carbons (Fsp3) is 0.417. The van der Waals surface area contributed by atoms with Crippen molar-refractivity contribution in [1.82, 2.24) is 8.87 Å². The monoisotopic (exact) mass is 487 g/mol. The fourth-order valence-corrected chi connectivity index (χ4v) is 6.95. The minimum atomic E-state index is -3.42. The Kier molecular flexibility index (Phi) is 6.74. The predicted molar refractivity (Wildman–Crippen MR) is 133 cm³/mol. The summed E-state index contributed by atoms with van der Waals surface area (Å²) in [7, 11) is -3.42. The summed E-state index contributed by atoms with van der Waals surface area (Å²) in [5, 5.41) is 2.95. The van der Waals surface area contributed by atoms with Crippen LogP contribution in [0.3, 0.4) is 0 Å². The van der Waals surface area contributed by atoms with Crippen LogP contribution in [0.5, 0.6) is 0 Å². The van der Waals surface area contributed by atoms with Gasteiger partial charge in [-0.25, -0.2) is 12.7 Å². The quantitative estimate of drug-likeness (QED) is 0.566. The molecule has 33 heavy (non-hydrogen) atoms. The second kappa shape index (κ2) is 9.40. The lowest BCUT2D eigenvalue weighted by Crippen LogP contribution is -2.41. The van der Waals surface area contributed by atoms with Crippen LogP contribution in [0.4, 0.5) is 5.69 Å². The zero-order chi connectivity index (χ0) is 23.8. The van der Waals surface area contributed by atoms with Gasteiger partial charge in [-0.2, -0.15) is 0 Å². The summed E-state index contributed by atoms with van der Waals surface area (Å²) in [5.74, 6) is -0.379. The molecule has 0 spiro atoms. The number of thiazole rings is 1. The number of aromatic nitrogens is 1. The van der Waals surface area contributed by atoms with Gasteiger partial charge in [0.05, 0.1) is 16.0 Å². The fourth-order valence-electron chi connectivity index (χ4n) is 4.35. The molecule has 0 aliphatic carbocycles. The van der Waals surface area contributed by atoms with Gasteiger partial charge in [0, 0.05) is 30.7 Å². The maximum atomic E-state index is 12.8. The van der Waals surface area contributed by atoms with Crippen LogP contribution in [0.2, 0.25) is 0 Å². The molecule has 1 amide bonds. The summed E-state index contributed by atoms with van der Waals surface area (Å²) in [6, 6.07) is 13.1. The Hall–Kier alpha value is -2.49. The number of aryl methyl sites for hydroxylation is 1. The number of hydrogen-bond acceptors (Lipinski definition) is 5. The number of sulfonamides is 1. The summed E-state index contributed by atoms with van der Waals surface area (Å²) >= 11 is 1.17. The van der Waals surface area contributed by atoms with E-state index in [1.807, 2.05) is 63.2 Å². The minimum Gasteiger partial charge on any atom is -0.326 e. The van der Waals surface area contributed by atoms with E-state index in [9.17, 15) is 18.0 Å². The maximum absolute atomic E-state index is 12.8. The molecule has 2 aromatic carbocycles. The number of anilines is 1. The van der Waals surface area contributed by atoms with Crippen molar-refractivity contribution in [3.8, 4) is 0 Å². The van der Waals surface area contributed by atoms with Crippen LogP contribution in [0.1, 0.15) is 43.9 Å². The van der Waals surface area contributed by atoms with Gasteiger partial charge in [0.2, 0.25) is 15.9 Å². The molecule has 1 fully saturated rings. The van der Waals surface area contributed by atoms with Gasteiger partial charge in [0.25, 0.3) is 0 Å². The van der Waals surface area contributed by atoms with E-state index in [0.717, 1.165) is 21.3 Å². The number of carbonyl (C=O) groups excluding carboxylic acids is 1. The third kappa shape index (κ3) is 5.20. The molecule has 7 nitrogen and oxygen atoms in total. The Bertz CT molecular complexity index is 1330. The van der Waals surface area contributed by atoms with E-state index < -0.39 is 10.0 Å². The van der Waals surface area contributed by atoms with E-state index >= 15 is 0 Å². The van der Waals surface area contributed by atoms with Gasteiger partial charge in [-0.05, 0) is 57.4 Å². The molecule has 176 valence electrons. The molecule has 3 aromatic rings. The second-order valence-electron chi connectivity index (χ2n) is 8.92. The number of amides is 1.